The largest absolute Gasteiger partial charge is 0.399 e. The van der Waals surface area contributed by atoms with E-state index in [0.717, 1.165) is 5.56 Å². The van der Waals surface area contributed by atoms with E-state index in [1.54, 1.807) is 18.2 Å². The van der Waals surface area contributed by atoms with E-state index in [9.17, 15) is 9.00 Å². The summed E-state index contributed by atoms with van der Waals surface area (Å²) in [5.41, 5.74) is 7.22. The molecule has 0 fully saturated rings. The molecule has 3 N–H and O–H groups in total. The van der Waals surface area contributed by atoms with Crippen molar-refractivity contribution in [3.8, 4) is 0 Å². The smallest absolute Gasteiger partial charge is 0.233 e. The van der Waals surface area contributed by atoms with Gasteiger partial charge in [0.1, 0.15) is 5.75 Å². The van der Waals surface area contributed by atoms with Crippen LogP contribution >= 0.6 is 15.9 Å². The van der Waals surface area contributed by atoms with Gasteiger partial charge in [-0.15, -0.1) is 0 Å². The van der Waals surface area contributed by atoms with Crippen molar-refractivity contribution in [2.75, 3.05) is 11.5 Å². The molecule has 1 amide bonds. The highest BCUT2D eigenvalue weighted by Gasteiger charge is 2.13. The first kappa shape index (κ1) is 15.7. The number of hydrogen-bond donors (Lipinski definition) is 2. The number of rotatable bonds is 5. The minimum Gasteiger partial charge on any atom is -0.399 e. The Balaban J connectivity index is 1.91. The quantitative estimate of drug-likeness (QED) is 0.798. The van der Waals surface area contributed by atoms with Crippen LogP contribution in [0.1, 0.15) is 5.56 Å². The molecule has 0 aliphatic rings. The van der Waals surface area contributed by atoms with Crippen molar-refractivity contribution in [2.45, 2.75) is 11.4 Å². The summed E-state index contributed by atoms with van der Waals surface area (Å²) in [6.07, 6.45) is 0. The third-order valence-corrected chi connectivity index (χ3v) is 5.09. The highest BCUT2D eigenvalue weighted by atomic mass is 79.9. The lowest BCUT2D eigenvalue weighted by Gasteiger charge is -2.07. The topological polar surface area (TPSA) is 72.2 Å². The van der Waals surface area contributed by atoms with E-state index in [1.807, 2.05) is 30.3 Å². The zero-order valence-corrected chi connectivity index (χ0v) is 13.6. The molecule has 0 heterocycles. The van der Waals surface area contributed by atoms with Gasteiger partial charge in [0.2, 0.25) is 5.91 Å². The molecule has 110 valence electrons. The second-order valence-corrected chi connectivity index (χ2v) is 6.72. The van der Waals surface area contributed by atoms with Crippen LogP contribution in [0.25, 0.3) is 0 Å². The van der Waals surface area contributed by atoms with Crippen LogP contribution in [0.2, 0.25) is 0 Å². The number of amides is 1. The summed E-state index contributed by atoms with van der Waals surface area (Å²) in [4.78, 5) is 12.4. The zero-order valence-electron chi connectivity index (χ0n) is 11.2. The van der Waals surface area contributed by atoms with E-state index in [4.69, 9.17) is 5.73 Å². The molecule has 0 saturated carbocycles. The van der Waals surface area contributed by atoms with Gasteiger partial charge < -0.3 is 11.1 Å². The van der Waals surface area contributed by atoms with E-state index >= 15 is 0 Å². The Labute approximate surface area is 134 Å². The van der Waals surface area contributed by atoms with Crippen molar-refractivity contribution in [3.05, 3.63) is 58.6 Å². The van der Waals surface area contributed by atoms with E-state index in [0.29, 0.717) is 21.6 Å². The number of carbonyl (C=O) groups is 1. The van der Waals surface area contributed by atoms with Crippen LogP contribution in [-0.4, -0.2) is 15.9 Å². The SMILES string of the molecule is Nc1ccc(S(=O)CC(=O)NCc2ccccc2)c(Br)c1. The molecule has 6 heteroatoms. The highest BCUT2D eigenvalue weighted by Crippen LogP contribution is 2.23. The fraction of sp³-hybridized carbons (Fsp3) is 0.133. The van der Waals surface area contributed by atoms with Gasteiger partial charge in [-0.2, -0.15) is 0 Å². The summed E-state index contributed by atoms with van der Waals surface area (Å²) in [5.74, 6) is -0.323. The lowest BCUT2D eigenvalue weighted by molar-refractivity contribution is -0.118. The van der Waals surface area contributed by atoms with Gasteiger partial charge in [-0.05, 0) is 39.7 Å². The van der Waals surface area contributed by atoms with Gasteiger partial charge in [0.05, 0.1) is 15.7 Å². The van der Waals surface area contributed by atoms with E-state index in [2.05, 4.69) is 21.2 Å². The number of halogens is 1. The molecule has 0 aromatic heterocycles. The molecule has 2 aromatic rings. The van der Waals surface area contributed by atoms with Crippen LogP contribution in [0.15, 0.2) is 57.9 Å². The zero-order chi connectivity index (χ0) is 15.2. The summed E-state index contributed by atoms with van der Waals surface area (Å²) in [7, 11) is -1.41. The van der Waals surface area contributed by atoms with Crippen LogP contribution in [0.3, 0.4) is 0 Å². The lowest BCUT2D eigenvalue weighted by atomic mass is 10.2. The van der Waals surface area contributed by atoms with Crippen molar-refractivity contribution < 1.29 is 9.00 Å². The minimum absolute atomic E-state index is 0.0741. The summed E-state index contributed by atoms with van der Waals surface area (Å²) < 4.78 is 12.8. The molecule has 0 radical (unpaired) electrons. The van der Waals surface area contributed by atoms with Crippen molar-refractivity contribution in [1.29, 1.82) is 0 Å². The van der Waals surface area contributed by atoms with Gasteiger partial charge in [-0.1, -0.05) is 30.3 Å². The van der Waals surface area contributed by atoms with Crippen molar-refractivity contribution in [2.24, 2.45) is 0 Å². The van der Waals surface area contributed by atoms with Crippen LogP contribution in [0.4, 0.5) is 5.69 Å². The van der Waals surface area contributed by atoms with Crippen molar-refractivity contribution in [1.82, 2.24) is 5.32 Å². The Morgan fingerprint density at radius 3 is 2.57 bits per heavy atom. The predicted octanol–water partition coefficient (Wildman–Crippen LogP) is 2.46. The number of nitrogen functional groups attached to an aromatic ring is 1. The molecule has 1 unspecified atom stereocenters. The van der Waals surface area contributed by atoms with Gasteiger partial charge in [-0.25, -0.2) is 0 Å². The Morgan fingerprint density at radius 1 is 1.19 bits per heavy atom. The molecule has 21 heavy (non-hydrogen) atoms. The summed E-state index contributed by atoms with van der Waals surface area (Å²) >= 11 is 3.31. The van der Waals surface area contributed by atoms with Crippen LogP contribution in [0, 0.1) is 0 Å². The number of hydrogen-bond acceptors (Lipinski definition) is 3. The molecule has 0 aliphatic carbocycles. The summed E-state index contributed by atoms with van der Waals surface area (Å²) in [6, 6.07) is 14.6. The fourth-order valence-electron chi connectivity index (χ4n) is 1.75. The Kier molecular flexibility index (Phi) is 5.52. The fourth-order valence-corrected chi connectivity index (χ4v) is 3.68. The second-order valence-electron chi connectivity index (χ2n) is 4.44. The third kappa shape index (κ3) is 4.68. The number of carbonyl (C=O) groups excluding carboxylic acids is 1. The summed E-state index contributed by atoms with van der Waals surface area (Å²) in [5, 5.41) is 2.76. The molecule has 2 aromatic carbocycles. The van der Waals surface area contributed by atoms with Crippen LogP contribution < -0.4 is 11.1 Å². The highest BCUT2D eigenvalue weighted by molar-refractivity contribution is 9.10. The lowest BCUT2D eigenvalue weighted by Crippen LogP contribution is -2.27. The average molecular weight is 367 g/mol. The Hall–Kier alpha value is -1.66. The maximum Gasteiger partial charge on any atom is 0.233 e. The van der Waals surface area contributed by atoms with Gasteiger partial charge in [-0.3, -0.25) is 9.00 Å². The molecule has 0 bridgehead atoms. The van der Waals surface area contributed by atoms with Gasteiger partial charge in [0, 0.05) is 16.7 Å². The second kappa shape index (κ2) is 7.38. The van der Waals surface area contributed by atoms with Gasteiger partial charge in [0.15, 0.2) is 0 Å². The number of anilines is 1. The molecule has 0 aliphatic heterocycles. The number of nitrogens with one attached hydrogen (secondary N) is 1. The van der Waals surface area contributed by atoms with Crippen molar-refractivity contribution >= 4 is 38.3 Å². The Bertz CT molecular complexity index is 662. The standard InChI is InChI=1S/C15H15BrN2O2S/c16-13-8-12(17)6-7-14(13)21(20)10-15(19)18-9-11-4-2-1-3-5-11/h1-8H,9-10,17H2,(H,18,19). The molecular weight excluding hydrogens is 352 g/mol. The van der Waals surface area contributed by atoms with Gasteiger partial charge in [0.25, 0.3) is 0 Å². The molecule has 0 spiro atoms. The maximum absolute atomic E-state index is 12.2. The maximum atomic E-state index is 12.2. The van der Waals surface area contributed by atoms with Gasteiger partial charge >= 0.3 is 0 Å². The monoisotopic (exact) mass is 366 g/mol. The first-order valence-corrected chi connectivity index (χ1v) is 8.41. The molecule has 0 saturated heterocycles. The van der Waals surface area contributed by atoms with Crippen molar-refractivity contribution in [3.63, 3.8) is 0 Å². The normalized spacial score (nSPS) is 11.9. The third-order valence-electron chi connectivity index (χ3n) is 2.80. The molecule has 2 rings (SSSR count). The predicted molar refractivity (Wildman–Crippen MR) is 88.1 cm³/mol. The van der Waals surface area contributed by atoms with E-state index in [1.165, 1.54) is 0 Å². The van der Waals surface area contributed by atoms with Crippen LogP contribution in [-0.2, 0) is 22.1 Å². The molecule has 4 nitrogen and oxygen atoms in total. The first-order chi connectivity index (χ1) is 10.1. The number of nitrogens with two attached hydrogens (primary N) is 1. The summed E-state index contributed by atoms with van der Waals surface area (Å²) in [6.45, 7) is 0.430. The Morgan fingerprint density at radius 2 is 1.90 bits per heavy atom. The average Bonchev–Trinajstić information content (AvgIpc) is 2.46. The minimum atomic E-state index is -1.41. The molecular formula is C15H15BrN2O2S. The van der Waals surface area contributed by atoms with E-state index in [-0.39, 0.29) is 11.7 Å². The number of benzene rings is 2. The van der Waals surface area contributed by atoms with Crippen LogP contribution in [0.5, 0.6) is 0 Å². The first-order valence-electron chi connectivity index (χ1n) is 6.30. The molecule has 1 atom stereocenters. The van der Waals surface area contributed by atoms with E-state index < -0.39 is 10.8 Å².